The molecule has 0 spiro atoms. The zero-order chi connectivity index (χ0) is 28.4. The average molecular weight is 523 g/mol. The topological polar surface area (TPSA) is 55.2 Å². The van der Waals surface area contributed by atoms with Crippen LogP contribution >= 0.6 is 0 Å². The number of anilines is 1. The lowest BCUT2D eigenvalue weighted by Crippen LogP contribution is -2.31. The lowest BCUT2D eigenvalue weighted by molar-refractivity contribution is -0.112. The second-order valence-corrected chi connectivity index (χ2v) is 9.15. The molecule has 4 aromatic carbocycles. The first-order valence-corrected chi connectivity index (χ1v) is 12.2. The number of amides is 1. The van der Waals surface area contributed by atoms with Crippen LogP contribution in [0.3, 0.4) is 0 Å². The highest BCUT2D eigenvalue weighted by Crippen LogP contribution is 2.28. The van der Waals surface area contributed by atoms with E-state index < -0.39 is 24.1 Å². The molecule has 0 radical (unpaired) electrons. The number of halogens is 2. The van der Waals surface area contributed by atoms with Crippen LogP contribution in [0.15, 0.2) is 97.3 Å². The lowest BCUT2D eigenvalue weighted by Gasteiger charge is -2.24. The molecule has 5 nitrogen and oxygen atoms in total. The van der Waals surface area contributed by atoms with Crippen molar-refractivity contribution in [2.45, 2.75) is 13.4 Å². The first-order valence-electron chi connectivity index (χ1n) is 12.8. The Morgan fingerprint density at radius 2 is 1.72 bits per heavy atom. The molecule has 5 aromatic rings. The highest BCUT2D eigenvalue weighted by molar-refractivity contribution is 6.06. The molecule has 0 N–H and O–H groups in total. The summed E-state index contributed by atoms with van der Waals surface area (Å²) in [5.74, 6) is -2.18. The number of aromatic nitrogens is 2. The third-order valence-corrected chi connectivity index (χ3v) is 6.26. The minimum absolute atomic E-state index is 0.0566. The minimum atomic E-state index is -1.54. The van der Waals surface area contributed by atoms with Crippen LogP contribution in [0.2, 0.25) is 0 Å². The van der Waals surface area contributed by atoms with Crippen molar-refractivity contribution in [2.75, 3.05) is 4.90 Å². The van der Waals surface area contributed by atoms with Crippen molar-refractivity contribution in [3.63, 3.8) is 0 Å². The Morgan fingerprint density at radius 1 is 0.974 bits per heavy atom. The number of ketones is 1. The van der Waals surface area contributed by atoms with Gasteiger partial charge in [-0.3, -0.25) is 9.59 Å². The van der Waals surface area contributed by atoms with E-state index in [1.165, 1.54) is 43.3 Å². The number of imidazole rings is 1. The fourth-order valence-corrected chi connectivity index (χ4v) is 4.28. The van der Waals surface area contributed by atoms with E-state index in [2.05, 4.69) is 4.98 Å². The first kappa shape index (κ1) is 24.4. The molecule has 0 aliphatic heterocycles. The number of rotatable bonds is 7. The van der Waals surface area contributed by atoms with Gasteiger partial charge in [-0.25, -0.2) is 13.8 Å². The smallest absolute Gasteiger partial charge is 0.258 e. The number of carbonyl (C=O) groups is 2. The van der Waals surface area contributed by atoms with E-state index in [0.717, 1.165) is 27.6 Å². The van der Waals surface area contributed by atoms with E-state index in [1.54, 1.807) is 42.7 Å². The number of benzene rings is 4. The maximum atomic E-state index is 15.6. The normalized spacial score (nSPS) is 12.5. The summed E-state index contributed by atoms with van der Waals surface area (Å²) < 4.78 is 41.2. The summed E-state index contributed by atoms with van der Waals surface area (Å²) in [6, 6.07) is 22.1. The molecule has 1 aromatic heterocycles. The van der Waals surface area contributed by atoms with Crippen LogP contribution in [0.5, 0.6) is 0 Å². The van der Waals surface area contributed by atoms with Gasteiger partial charge in [0.2, 0.25) is 0 Å². The van der Waals surface area contributed by atoms with Gasteiger partial charge >= 0.3 is 0 Å². The molecule has 0 aliphatic rings. The molecule has 5 rings (SSSR count). The van der Waals surface area contributed by atoms with Crippen LogP contribution in [0, 0.1) is 11.6 Å². The number of allylic oxidation sites excluding steroid dienone is 1. The van der Waals surface area contributed by atoms with Crippen LogP contribution in [-0.2, 0) is 18.4 Å². The molecule has 39 heavy (non-hydrogen) atoms. The largest absolute Gasteiger partial charge is 0.334 e. The summed E-state index contributed by atoms with van der Waals surface area (Å²) in [6.45, 7) is -0.172. The zero-order valence-electron chi connectivity index (χ0n) is 22.3. The predicted molar refractivity (Wildman–Crippen MR) is 149 cm³/mol. The van der Waals surface area contributed by atoms with Crippen molar-refractivity contribution < 1.29 is 19.7 Å². The van der Waals surface area contributed by atoms with Crippen molar-refractivity contribution >= 4 is 34.5 Å². The monoisotopic (exact) mass is 522 g/mol. The standard InChI is InChI=1S/C32H25F2N3O2/c1-21(38)8-9-22-14-27(33)18-28(15-22)37(32(39)23-6-4-3-5-7-23)19-26-11-10-24(16-29(26)34)25-12-13-31-30(17-25)35-20-36(31)2/h3-18,20H,19H2,1-2H3/b9-8+/i19D. The Bertz CT molecular complexity index is 1770. The number of hydrogen-bond acceptors (Lipinski definition) is 3. The van der Waals surface area contributed by atoms with Gasteiger partial charge < -0.3 is 9.47 Å². The van der Waals surface area contributed by atoms with Gasteiger partial charge in [-0.05, 0) is 78.2 Å². The van der Waals surface area contributed by atoms with E-state index in [9.17, 15) is 14.0 Å². The molecule has 0 bridgehead atoms. The summed E-state index contributed by atoms with van der Waals surface area (Å²) in [7, 11) is 1.89. The van der Waals surface area contributed by atoms with Crippen LogP contribution < -0.4 is 4.90 Å². The molecule has 0 saturated carbocycles. The maximum absolute atomic E-state index is 15.6. The minimum Gasteiger partial charge on any atom is -0.334 e. The average Bonchev–Trinajstić information content (AvgIpc) is 3.32. The SMILES string of the molecule is [2H]C(c1ccc(-c2ccc3c(c2)ncn3C)cc1F)N(C(=O)c1ccccc1)c1cc(F)cc(/C=C/C(C)=O)c1. The van der Waals surface area contributed by atoms with Gasteiger partial charge in [0.25, 0.3) is 5.91 Å². The highest BCUT2D eigenvalue weighted by Gasteiger charge is 2.21. The second-order valence-electron chi connectivity index (χ2n) is 9.15. The third kappa shape index (κ3) is 5.67. The third-order valence-electron chi connectivity index (χ3n) is 6.26. The van der Waals surface area contributed by atoms with Gasteiger partial charge in [0.15, 0.2) is 5.78 Å². The summed E-state index contributed by atoms with van der Waals surface area (Å²) >= 11 is 0. The molecule has 1 unspecified atom stereocenters. The van der Waals surface area contributed by atoms with Crippen LogP contribution in [0.4, 0.5) is 14.5 Å². The summed E-state index contributed by atoms with van der Waals surface area (Å²) in [5.41, 5.74) is 3.62. The number of fused-ring (bicyclic) bond motifs is 1. The number of carbonyl (C=O) groups excluding carboxylic acids is 2. The molecule has 0 saturated heterocycles. The zero-order valence-corrected chi connectivity index (χ0v) is 21.3. The molecule has 1 atom stereocenters. The fourth-order valence-electron chi connectivity index (χ4n) is 4.28. The first-order chi connectivity index (χ1) is 19.2. The molecule has 7 heteroatoms. The van der Waals surface area contributed by atoms with Crippen molar-refractivity contribution in [3.8, 4) is 11.1 Å². The van der Waals surface area contributed by atoms with Crippen LogP contribution in [0.25, 0.3) is 28.2 Å². The Morgan fingerprint density at radius 3 is 2.46 bits per heavy atom. The van der Waals surface area contributed by atoms with E-state index in [4.69, 9.17) is 1.37 Å². The van der Waals surface area contributed by atoms with E-state index in [-0.39, 0.29) is 22.6 Å². The Kier molecular flexibility index (Phi) is 6.78. The lowest BCUT2D eigenvalue weighted by atomic mass is 10.0. The van der Waals surface area contributed by atoms with Crippen molar-refractivity contribution in [2.24, 2.45) is 7.05 Å². The highest BCUT2D eigenvalue weighted by atomic mass is 19.1. The van der Waals surface area contributed by atoms with Crippen molar-refractivity contribution in [3.05, 3.63) is 126 Å². The summed E-state index contributed by atoms with van der Waals surface area (Å²) in [6.07, 6.45) is 4.41. The summed E-state index contributed by atoms with van der Waals surface area (Å²) in [5, 5.41) is 0. The Balaban J connectivity index is 1.56. The molecule has 1 amide bonds. The Hall–Kier alpha value is -4.91. The molecule has 0 fully saturated rings. The molecular weight excluding hydrogens is 496 g/mol. The van der Waals surface area contributed by atoms with Gasteiger partial charge in [0.1, 0.15) is 11.6 Å². The van der Waals surface area contributed by atoms with Gasteiger partial charge in [-0.15, -0.1) is 0 Å². The van der Waals surface area contributed by atoms with Gasteiger partial charge in [-0.2, -0.15) is 0 Å². The number of aryl methyl sites for hydroxylation is 1. The van der Waals surface area contributed by atoms with E-state index in [0.29, 0.717) is 11.1 Å². The maximum Gasteiger partial charge on any atom is 0.258 e. The fraction of sp³-hybridized carbons (Fsp3) is 0.0938. The molecule has 194 valence electrons. The molecule has 0 aliphatic carbocycles. The summed E-state index contributed by atoms with van der Waals surface area (Å²) in [4.78, 5) is 30.5. The molecular formula is C32H25F2N3O2. The van der Waals surface area contributed by atoms with E-state index >= 15 is 4.39 Å². The predicted octanol–water partition coefficient (Wildman–Crippen LogP) is 6.97. The van der Waals surface area contributed by atoms with Crippen LogP contribution in [-0.4, -0.2) is 21.2 Å². The van der Waals surface area contributed by atoms with Crippen molar-refractivity contribution in [1.82, 2.24) is 9.55 Å². The quantitative estimate of drug-likeness (QED) is 0.217. The Labute approximate surface area is 226 Å². The van der Waals surface area contributed by atoms with E-state index in [1.807, 2.05) is 29.8 Å². The number of hydrogen-bond donors (Lipinski definition) is 0. The number of nitrogens with zero attached hydrogens (tertiary/aromatic N) is 3. The van der Waals surface area contributed by atoms with Gasteiger partial charge in [0, 0.05) is 23.9 Å². The van der Waals surface area contributed by atoms with Crippen molar-refractivity contribution in [1.29, 1.82) is 0 Å². The second kappa shape index (κ2) is 10.8. The molecule has 1 heterocycles. The van der Waals surface area contributed by atoms with Crippen LogP contribution in [0.1, 0.15) is 29.8 Å². The van der Waals surface area contributed by atoms with Gasteiger partial charge in [-0.1, -0.05) is 42.5 Å². The van der Waals surface area contributed by atoms with Gasteiger partial charge in [0.05, 0.1) is 25.3 Å².